The Morgan fingerprint density at radius 3 is 3.27 bits per heavy atom. The van der Waals surface area contributed by atoms with Crippen molar-refractivity contribution in [3.05, 3.63) is 23.8 Å². The molecule has 1 aliphatic rings. The molecule has 0 aromatic carbocycles. The Hall–Kier alpha value is -0.570. The van der Waals surface area contributed by atoms with E-state index in [1.54, 1.807) is 7.11 Å². The van der Waals surface area contributed by atoms with Gasteiger partial charge in [-0.05, 0) is 11.6 Å². The van der Waals surface area contributed by atoms with Crippen LogP contribution in [0, 0.1) is 6.08 Å². The van der Waals surface area contributed by atoms with E-state index >= 15 is 0 Å². The van der Waals surface area contributed by atoms with Crippen molar-refractivity contribution in [3.8, 4) is 0 Å². The zero-order valence-corrected chi connectivity index (χ0v) is 7.89. The minimum atomic E-state index is 0.777. The van der Waals surface area contributed by atoms with E-state index in [-0.39, 0.29) is 0 Å². The zero-order chi connectivity index (χ0) is 8.10. The molecule has 1 rings (SSSR count). The van der Waals surface area contributed by atoms with Gasteiger partial charge in [0, 0.05) is 11.8 Å². The molecular formula is C8H9BrNO. The third-order valence-corrected chi connectivity index (χ3v) is 1.93. The summed E-state index contributed by atoms with van der Waals surface area (Å²) in [4.78, 5) is 4.69. The van der Waals surface area contributed by atoms with Crippen LogP contribution in [-0.2, 0) is 4.84 Å². The molecular weight excluding hydrogens is 206 g/mol. The first-order valence-electron chi connectivity index (χ1n) is 3.32. The highest BCUT2D eigenvalue weighted by molar-refractivity contribution is 9.09. The number of allylic oxidation sites excluding steroid dienone is 4. The molecule has 0 unspecified atom stereocenters. The van der Waals surface area contributed by atoms with Crippen molar-refractivity contribution in [2.75, 3.05) is 12.4 Å². The molecule has 0 spiro atoms. The number of oxime groups is 1. The van der Waals surface area contributed by atoms with E-state index in [0.29, 0.717) is 0 Å². The average molecular weight is 215 g/mol. The number of hydrogen-bond donors (Lipinski definition) is 0. The molecule has 0 N–H and O–H groups in total. The van der Waals surface area contributed by atoms with E-state index < -0.39 is 0 Å². The standard InChI is InChI=1S/C8H9BrNO/c1-11-10-8-5-3-2-4-7(8)6-9/h2-3H,5-6H2,1H3. The van der Waals surface area contributed by atoms with E-state index in [1.807, 2.05) is 12.2 Å². The average Bonchev–Trinajstić information content (AvgIpc) is 2.06. The van der Waals surface area contributed by atoms with Crippen molar-refractivity contribution in [2.45, 2.75) is 6.42 Å². The highest BCUT2D eigenvalue weighted by Crippen LogP contribution is 2.11. The predicted octanol–water partition coefficient (Wildman–Crippen LogP) is 2.07. The van der Waals surface area contributed by atoms with Gasteiger partial charge < -0.3 is 4.84 Å². The molecule has 2 nitrogen and oxygen atoms in total. The summed E-state index contributed by atoms with van der Waals surface area (Å²) in [7, 11) is 1.55. The molecule has 1 aliphatic carbocycles. The summed E-state index contributed by atoms with van der Waals surface area (Å²) in [5, 5.41) is 4.65. The lowest BCUT2D eigenvalue weighted by Crippen LogP contribution is -2.06. The summed E-state index contributed by atoms with van der Waals surface area (Å²) in [6.07, 6.45) is 7.83. The second-order valence-electron chi connectivity index (χ2n) is 2.08. The van der Waals surface area contributed by atoms with E-state index in [4.69, 9.17) is 0 Å². The molecule has 11 heavy (non-hydrogen) atoms. The van der Waals surface area contributed by atoms with Crippen LogP contribution in [-0.4, -0.2) is 18.2 Å². The van der Waals surface area contributed by atoms with Crippen molar-refractivity contribution in [1.82, 2.24) is 0 Å². The number of nitrogens with zero attached hydrogens (tertiary/aromatic N) is 1. The lowest BCUT2D eigenvalue weighted by Gasteiger charge is -2.07. The Balaban J connectivity index is 2.75. The van der Waals surface area contributed by atoms with E-state index in [1.165, 1.54) is 0 Å². The normalized spacial score (nSPS) is 20.2. The maximum absolute atomic E-state index is 4.69. The molecule has 0 bridgehead atoms. The van der Waals surface area contributed by atoms with Gasteiger partial charge in [0.05, 0.1) is 5.71 Å². The van der Waals surface area contributed by atoms with Crippen LogP contribution < -0.4 is 0 Å². The van der Waals surface area contributed by atoms with Gasteiger partial charge in [-0.25, -0.2) is 0 Å². The summed E-state index contributed by atoms with van der Waals surface area (Å²) in [5.74, 6) is 0. The van der Waals surface area contributed by atoms with Crippen LogP contribution in [0.25, 0.3) is 0 Å². The van der Waals surface area contributed by atoms with Gasteiger partial charge in [-0.15, -0.1) is 0 Å². The first-order chi connectivity index (χ1) is 5.38. The number of hydrogen-bond acceptors (Lipinski definition) is 2. The first-order valence-corrected chi connectivity index (χ1v) is 4.44. The van der Waals surface area contributed by atoms with Crippen molar-refractivity contribution in [3.63, 3.8) is 0 Å². The van der Waals surface area contributed by atoms with Gasteiger partial charge in [0.2, 0.25) is 0 Å². The van der Waals surface area contributed by atoms with Crippen LogP contribution in [0.1, 0.15) is 6.42 Å². The fourth-order valence-corrected chi connectivity index (χ4v) is 1.34. The number of alkyl halides is 1. The van der Waals surface area contributed by atoms with Gasteiger partial charge in [-0.1, -0.05) is 33.2 Å². The van der Waals surface area contributed by atoms with Crippen LogP contribution in [0.15, 0.2) is 22.9 Å². The highest BCUT2D eigenvalue weighted by Gasteiger charge is 2.07. The molecule has 0 aromatic rings. The smallest absolute Gasteiger partial charge is 0.106 e. The van der Waals surface area contributed by atoms with E-state index in [9.17, 15) is 0 Å². The maximum Gasteiger partial charge on any atom is 0.106 e. The monoisotopic (exact) mass is 214 g/mol. The van der Waals surface area contributed by atoms with Crippen molar-refractivity contribution >= 4 is 21.6 Å². The summed E-state index contributed by atoms with van der Waals surface area (Å²) >= 11 is 3.35. The van der Waals surface area contributed by atoms with Crippen molar-refractivity contribution in [2.24, 2.45) is 5.16 Å². The molecule has 3 heteroatoms. The SMILES string of the molecule is CON=C1CC=C[C]=C1CBr. The predicted molar refractivity (Wildman–Crippen MR) is 48.8 cm³/mol. The molecule has 0 fully saturated rings. The van der Waals surface area contributed by atoms with Crippen molar-refractivity contribution < 1.29 is 4.84 Å². The maximum atomic E-state index is 4.69. The molecule has 0 heterocycles. The largest absolute Gasteiger partial charge is 0.399 e. The van der Waals surface area contributed by atoms with Crippen LogP contribution in [0.3, 0.4) is 0 Å². The summed E-state index contributed by atoms with van der Waals surface area (Å²) in [6, 6.07) is 0. The topological polar surface area (TPSA) is 21.6 Å². The summed E-state index contributed by atoms with van der Waals surface area (Å²) in [6.45, 7) is 0. The Bertz CT molecular complexity index is 218. The van der Waals surface area contributed by atoms with Crippen molar-refractivity contribution in [1.29, 1.82) is 0 Å². The number of halogens is 1. The Morgan fingerprint density at radius 1 is 1.82 bits per heavy atom. The molecule has 59 valence electrons. The lowest BCUT2D eigenvalue weighted by molar-refractivity contribution is 0.213. The summed E-state index contributed by atoms with van der Waals surface area (Å²) < 4.78 is 0. The fourth-order valence-electron chi connectivity index (χ4n) is 0.855. The van der Waals surface area contributed by atoms with Gasteiger partial charge in [0.15, 0.2) is 0 Å². The second kappa shape index (κ2) is 4.34. The molecule has 0 atom stereocenters. The Kier molecular flexibility index (Phi) is 3.36. The van der Waals surface area contributed by atoms with Gasteiger partial charge >= 0.3 is 0 Å². The van der Waals surface area contributed by atoms with E-state index in [2.05, 4.69) is 32.0 Å². The second-order valence-corrected chi connectivity index (χ2v) is 2.64. The summed E-state index contributed by atoms with van der Waals surface area (Å²) in [5.41, 5.74) is 2.02. The molecule has 0 amide bonds. The fraction of sp³-hybridized carbons (Fsp3) is 0.375. The molecule has 0 saturated carbocycles. The molecule has 0 aliphatic heterocycles. The highest BCUT2D eigenvalue weighted by atomic mass is 79.9. The minimum Gasteiger partial charge on any atom is -0.399 e. The van der Waals surface area contributed by atoms with Gasteiger partial charge in [-0.2, -0.15) is 0 Å². The molecule has 0 saturated heterocycles. The first kappa shape index (κ1) is 8.53. The van der Waals surface area contributed by atoms with Gasteiger partial charge in [0.25, 0.3) is 0 Å². The van der Waals surface area contributed by atoms with Crippen LogP contribution in [0.2, 0.25) is 0 Å². The van der Waals surface area contributed by atoms with Gasteiger partial charge in [0.1, 0.15) is 7.11 Å². The zero-order valence-electron chi connectivity index (χ0n) is 6.30. The third-order valence-electron chi connectivity index (χ3n) is 1.37. The van der Waals surface area contributed by atoms with Crippen LogP contribution in [0.5, 0.6) is 0 Å². The Morgan fingerprint density at radius 2 is 2.64 bits per heavy atom. The van der Waals surface area contributed by atoms with Gasteiger partial charge in [-0.3, -0.25) is 0 Å². The van der Waals surface area contributed by atoms with E-state index in [0.717, 1.165) is 23.0 Å². The van der Waals surface area contributed by atoms with Crippen LogP contribution >= 0.6 is 15.9 Å². The third kappa shape index (κ3) is 2.19. The van der Waals surface area contributed by atoms with Crippen LogP contribution in [0.4, 0.5) is 0 Å². The molecule has 1 radical (unpaired) electrons. The lowest BCUT2D eigenvalue weighted by atomic mass is 10.1. The quantitative estimate of drug-likeness (QED) is 0.510. The molecule has 0 aromatic heterocycles. The minimum absolute atomic E-state index is 0.777. The number of rotatable bonds is 2. The Labute approximate surface area is 74.7 Å².